The first-order valence-corrected chi connectivity index (χ1v) is 6.45. The van der Waals surface area contributed by atoms with Crippen LogP contribution in [0.2, 0.25) is 0 Å². The summed E-state index contributed by atoms with van der Waals surface area (Å²) in [5.74, 6) is 3.55. The summed E-state index contributed by atoms with van der Waals surface area (Å²) in [5, 5.41) is 8.34. The number of rotatable bonds is 8. The Hall–Kier alpha value is 0.170. The third-order valence-corrected chi connectivity index (χ3v) is 3.30. The Balaban J connectivity index is 2.86. The molecule has 72 valence electrons. The highest BCUT2D eigenvalue weighted by Crippen LogP contribution is 2.08. The minimum atomic E-state index is -0.689. The van der Waals surface area contributed by atoms with Crippen molar-refractivity contribution in [3.8, 4) is 0 Å². The van der Waals surface area contributed by atoms with Gasteiger partial charge in [0.25, 0.3) is 0 Å². The first-order chi connectivity index (χ1) is 5.77. The van der Waals surface area contributed by atoms with Crippen molar-refractivity contribution in [3.63, 3.8) is 0 Å². The largest absolute Gasteiger partial charge is 0.481 e. The lowest BCUT2D eigenvalue weighted by atomic mass is 10.5. The van der Waals surface area contributed by atoms with Crippen molar-refractivity contribution >= 4 is 29.5 Å². The van der Waals surface area contributed by atoms with E-state index in [1.165, 1.54) is 17.9 Å². The van der Waals surface area contributed by atoms with Crippen LogP contribution in [0.3, 0.4) is 0 Å². The zero-order valence-corrected chi connectivity index (χ0v) is 9.05. The molecule has 4 heteroatoms. The summed E-state index contributed by atoms with van der Waals surface area (Å²) in [6.45, 7) is 2.15. The molecule has 0 aromatic carbocycles. The molecule has 12 heavy (non-hydrogen) atoms. The van der Waals surface area contributed by atoms with E-state index in [1.54, 1.807) is 11.8 Å². The zero-order valence-electron chi connectivity index (χ0n) is 7.41. The quantitative estimate of drug-likeness (QED) is 0.621. The lowest BCUT2D eigenvalue weighted by molar-refractivity contribution is -0.136. The van der Waals surface area contributed by atoms with Crippen molar-refractivity contribution in [3.05, 3.63) is 0 Å². The molecule has 0 radical (unpaired) electrons. The third-order valence-electron chi connectivity index (χ3n) is 1.24. The van der Waals surface area contributed by atoms with Gasteiger partial charge in [-0.2, -0.15) is 23.5 Å². The van der Waals surface area contributed by atoms with Gasteiger partial charge in [0.2, 0.25) is 0 Å². The number of aliphatic carboxylic acids is 1. The first-order valence-electron chi connectivity index (χ1n) is 4.14. The molecule has 0 aliphatic heterocycles. The van der Waals surface area contributed by atoms with E-state index >= 15 is 0 Å². The molecule has 1 N–H and O–H groups in total. The minimum Gasteiger partial charge on any atom is -0.481 e. The predicted octanol–water partition coefficient (Wildman–Crippen LogP) is 2.34. The van der Waals surface area contributed by atoms with Gasteiger partial charge in [0.15, 0.2) is 0 Å². The molecule has 0 saturated heterocycles. The summed E-state index contributed by atoms with van der Waals surface area (Å²) in [6.07, 6.45) is 1.49. The highest BCUT2D eigenvalue weighted by Gasteiger charge is 1.95. The lowest BCUT2D eigenvalue weighted by Gasteiger charge is -1.98. The second-order valence-electron chi connectivity index (χ2n) is 2.31. The molecule has 0 aromatic heterocycles. The van der Waals surface area contributed by atoms with Gasteiger partial charge >= 0.3 is 5.97 Å². The molecule has 0 bridgehead atoms. The van der Waals surface area contributed by atoms with E-state index in [4.69, 9.17) is 5.11 Å². The molecule has 0 rings (SSSR count). The molecule has 0 aliphatic carbocycles. The van der Waals surface area contributed by atoms with Gasteiger partial charge in [0.05, 0.1) is 6.42 Å². The van der Waals surface area contributed by atoms with Gasteiger partial charge in [-0.05, 0) is 23.7 Å². The maximum absolute atomic E-state index is 10.1. The van der Waals surface area contributed by atoms with Crippen LogP contribution in [0.15, 0.2) is 0 Å². The van der Waals surface area contributed by atoms with E-state index in [2.05, 4.69) is 6.92 Å². The van der Waals surface area contributed by atoms with Crippen LogP contribution in [0.5, 0.6) is 0 Å². The highest BCUT2D eigenvalue weighted by atomic mass is 32.2. The molecule has 0 amide bonds. The molecule has 0 aromatic rings. The van der Waals surface area contributed by atoms with Crippen molar-refractivity contribution in [1.82, 2.24) is 0 Å². The van der Waals surface area contributed by atoms with Gasteiger partial charge in [0.1, 0.15) is 0 Å². The van der Waals surface area contributed by atoms with Gasteiger partial charge in [-0.25, -0.2) is 0 Å². The van der Waals surface area contributed by atoms with E-state index in [0.29, 0.717) is 6.42 Å². The Kier molecular flexibility index (Phi) is 9.39. The fourth-order valence-electron chi connectivity index (χ4n) is 0.669. The van der Waals surface area contributed by atoms with E-state index < -0.39 is 5.97 Å². The Morgan fingerprint density at radius 1 is 1.25 bits per heavy atom. The number of hydrogen-bond acceptors (Lipinski definition) is 3. The van der Waals surface area contributed by atoms with E-state index in [1.807, 2.05) is 11.8 Å². The Bertz CT molecular complexity index is 118. The molecular weight excluding hydrogens is 192 g/mol. The number of carbonyl (C=O) groups is 1. The number of hydrogen-bond donors (Lipinski definition) is 1. The summed E-state index contributed by atoms with van der Waals surface area (Å²) >= 11 is 3.68. The molecule has 0 spiro atoms. The van der Waals surface area contributed by atoms with Crippen LogP contribution in [0.1, 0.15) is 19.8 Å². The Morgan fingerprint density at radius 3 is 2.50 bits per heavy atom. The normalized spacial score (nSPS) is 10.1. The first kappa shape index (κ1) is 12.2. The second-order valence-corrected chi connectivity index (χ2v) is 4.93. The molecule has 0 atom stereocenters. The maximum Gasteiger partial charge on any atom is 0.304 e. The summed E-state index contributed by atoms with van der Waals surface area (Å²) < 4.78 is 0. The zero-order chi connectivity index (χ0) is 9.23. The number of carboxylic acids is 1. The van der Waals surface area contributed by atoms with Crippen molar-refractivity contribution in [1.29, 1.82) is 0 Å². The van der Waals surface area contributed by atoms with E-state index in [-0.39, 0.29) is 0 Å². The summed E-state index contributed by atoms with van der Waals surface area (Å²) in [5.41, 5.74) is 0. The average Bonchev–Trinajstić information content (AvgIpc) is 2.02. The van der Waals surface area contributed by atoms with Crippen LogP contribution in [0, 0.1) is 0 Å². The van der Waals surface area contributed by atoms with Crippen LogP contribution in [0.25, 0.3) is 0 Å². The smallest absolute Gasteiger partial charge is 0.304 e. The van der Waals surface area contributed by atoms with Crippen molar-refractivity contribution in [2.24, 2.45) is 0 Å². The molecular formula is C8H16O2S2. The standard InChI is InChI=1S/C8H16O2S2/c1-2-11-5-3-6-12-7-4-8(9)10/h2-7H2,1H3,(H,9,10). The van der Waals surface area contributed by atoms with Crippen molar-refractivity contribution in [2.75, 3.05) is 23.0 Å². The van der Waals surface area contributed by atoms with E-state index in [0.717, 1.165) is 11.5 Å². The third kappa shape index (κ3) is 10.2. The lowest BCUT2D eigenvalue weighted by Crippen LogP contribution is -1.96. The van der Waals surface area contributed by atoms with Gasteiger partial charge < -0.3 is 5.11 Å². The predicted molar refractivity (Wildman–Crippen MR) is 57.2 cm³/mol. The summed E-state index contributed by atoms with van der Waals surface area (Å²) in [7, 11) is 0. The van der Waals surface area contributed by atoms with Gasteiger partial charge in [-0.15, -0.1) is 0 Å². The van der Waals surface area contributed by atoms with Crippen LogP contribution in [0.4, 0.5) is 0 Å². The van der Waals surface area contributed by atoms with E-state index in [9.17, 15) is 4.79 Å². The second kappa shape index (κ2) is 9.26. The molecule has 0 saturated carbocycles. The van der Waals surface area contributed by atoms with Crippen LogP contribution >= 0.6 is 23.5 Å². The summed E-state index contributed by atoms with van der Waals surface area (Å²) in [4.78, 5) is 10.1. The monoisotopic (exact) mass is 208 g/mol. The Morgan fingerprint density at radius 2 is 1.92 bits per heavy atom. The Labute approximate surface area is 82.5 Å². The van der Waals surface area contributed by atoms with Gasteiger partial charge in [-0.1, -0.05) is 6.92 Å². The van der Waals surface area contributed by atoms with Crippen molar-refractivity contribution < 1.29 is 9.90 Å². The SMILES string of the molecule is CCSCCCSCCC(=O)O. The highest BCUT2D eigenvalue weighted by molar-refractivity contribution is 8.00. The fraction of sp³-hybridized carbons (Fsp3) is 0.875. The van der Waals surface area contributed by atoms with Crippen molar-refractivity contribution in [2.45, 2.75) is 19.8 Å². The number of thioether (sulfide) groups is 2. The fourth-order valence-corrected chi connectivity index (χ4v) is 2.36. The maximum atomic E-state index is 10.1. The van der Waals surface area contributed by atoms with Crippen LogP contribution < -0.4 is 0 Å². The summed E-state index contributed by atoms with van der Waals surface area (Å²) in [6, 6.07) is 0. The molecule has 0 heterocycles. The molecule has 2 nitrogen and oxygen atoms in total. The number of carboxylic acid groups (broad SMARTS) is 1. The van der Waals surface area contributed by atoms with Gasteiger partial charge in [0, 0.05) is 5.75 Å². The van der Waals surface area contributed by atoms with Crippen LogP contribution in [-0.4, -0.2) is 34.1 Å². The minimum absolute atomic E-state index is 0.297. The molecule has 0 unspecified atom stereocenters. The van der Waals surface area contributed by atoms with Gasteiger partial charge in [-0.3, -0.25) is 4.79 Å². The average molecular weight is 208 g/mol. The van der Waals surface area contributed by atoms with Crippen LogP contribution in [-0.2, 0) is 4.79 Å². The molecule has 0 fully saturated rings. The topological polar surface area (TPSA) is 37.3 Å². The molecule has 0 aliphatic rings.